The Balaban J connectivity index is 2.72. The number of esters is 1. The minimum Gasteiger partial charge on any atom is -0.454 e. The molecular weight excluding hydrogens is 351 g/mol. The number of Topliss-reactive ketones (excluding diaryl/α,β-unsaturated/α-hetero) is 1. The zero-order valence-corrected chi connectivity index (χ0v) is 12.9. The molecule has 1 rings (SSSR count). The smallest absolute Gasteiger partial charge is 0.408 e. The van der Waals surface area contributed by atoms with Crippen LogP contribution in [0, 0.1) is 0 Å². The molecule has 0 aliphatic heterocycles. The van der Waals surface area contributed by atoms with Crippen LogP contribution in [0.1, 0.15) is 10.4 Å². The molecule has 0 saturated heterocycles. The van der Waals surface area contributed by atoms with Crippen molar-refractivity contribution in [2.75, 3.05) is 13.2 Å². The maximum absolute atomic E-state index is 12.1. The van der Waals surface area contributed by atoms with Crippen molar-refractivity contribution >= 4 is 29.2 Å². The molecule has 0 heterocycles. The van der Waals surface area contributed by atoms with Crippen LogP contribution in [0.25, 0.3) is 0 Å². The van der Waals surface area contributed by atoms with E-state index in [0.29, 0.717) is 6.20 Å². The van der Waals surface area contributed by atoms with Crippen LogP contribution in [-0.4, -0.2) is 36.9 Å². The Morgan fingerprint density at radius 1 is 1.29 bits per heavy atom. The third-order valence-corrected chi connectivity index (χ3v) is 2.93. The van der Waals surface area contributed by atoms with E-state index >= 15 is 0 Å². The Morgan fingerprint density at radius 2 is 1.92 bits per heavy atom. The molecule has 0 aliphatic rings. The molecule has 10 heteroatoms. The molecule has 0 atom stereocenters. The highest BCUT2D eigenvalue weighted by molar-refractivity contribution is 6.34. The van der Waals surface area contributed by atoms with Gasteiger partial charge in [0.05, 0.1) is 5.02 Å². The molecule has 24 heavy (non-hydrogen) atoms. The van der Waals surface area contributed by atoms with E-state index in [-0.39, 0.29) is 10.6 Å². The first-order valence-corrected chi connectivity index (χ1v) is 6.77. The number of nitrogens with zero attached hydrogens (tertiary/aromatic N) is 1. The second-order valence-electron chi connectivity index (χ2n) is 4.38. The van der Waals surface area contributed by atoms with Crippen LogP contribution < -0.4 is 11.5 Å². The van der Waals surface area contributed by atoms with Gasteiger partial charge in [-0.25, -0.2) is 4.79 Å². The number of ether oxygens (including phenoxy) is 1. The molecule has 130 valence electrons. The van der Waals surface area contributed by atoms with Gasteiger partial charge in [-0.05, 0) is 12.1 Å². The summed E-state index contributed by atoms with van der Waals surface area (Å²) in [5.41, 5.74) is 9.97. The number of nitrogens with two attached hydrogens (primary N) is 2. The first kappa shape index (κ1) is 19.5. The van der Waals surface area contributed by atoms with Gasteiger partial charge in [0.2, 0.25) is 5.78 Å². The van der Waals surface area contributed by atoms with E-state index < -0.39 is 42.5 Å². The molecule has 0 aliphatic carbocycles. The second kappa shape index (κ2) is 8.34. The standard InChI is InChI=1S/C14H13ClF3N3O3/c15-10-4-2-1-3-8(10)11(22)6-24-13(23)9(5-19)12(20)21-7-14(16,17)18/h1-5H,6-7,19H2,(H2,20,21). The van der Waals surface area contributed by atoms with Crippen molar-refractivity contribution in [3.63, 3.8) is 0 Å². The third-order valence-electron chi connectivity index (χ3n) is 2.60. The van der Waals surface area contributed by atoms with Crippen LogP contribution in [0.3, 0.4) is 0 Å². The van der Waals surface area contributed by atoms with Crippen LogP contribution in [-0.2, 0) is 9.53 Å². The minimum absolute atomic E-state index is 0.129. The number of halogens is 4. The molecule has 0 fully saturated rings. The lowest BCUT2D eigenvalue weighted by atomic mass is 10.1. The predicted octanol–water partition coefficient (Wildman–Crippen LogP) is 1.83. The molecule has 1 aromatic rings. The number of rotatable bonds is 6. The molecule has 0 unspecified atom stereocenters. The zero-order chi connectivity index (χ0) is 18.3. The minimum atomic E-state index is -4.59. The fourth-order valence-electron chi connectivity index (χ4n) is 1.49. The fraction of sp³-hybridized carbons (Fsp3) is 0.214. The number of carbonyl (C=O) groups is 2. The van der Waals surface area contributed by atoms with Gasteiger partial charge in [-0.3, -0.25) is 9.79 Å². The maximum atomic E-state index is 12.1. The van der Waals surface area contributed by atoms with Crippen molar-refractivity contribution in [1.29, 1.82) is 0 Å². The highest BCUT2D eigenvalue weighted by atomic mass is 35.5. The van der Waals surface area contributed by atoms with Crippen LogP contribution in [0.15, 0.2) is 41.0 Å². The van der Waals surface area contributed by atoms with Gasteiger partial charge in [0.1, 0.15) is 18.0 Å². The van der Waals surface area contributed by atoms with Gasteiger partial charge in [-0.1, -0.05) is 23.7 Å². The number of benzene rings is 1. The largest absolute Gasteiger partial charge is 0.454 e. The Kier molecular flexibility index (Phi) is 6.78. The second-order valence-corrected chi connectivity index (χ2v) is 4.78. The molecule has 1 aromatic carbocycles. The molecule has 0 spiro atoms. The number of hydrogen-bond donors (Lipinski definition) is 2. The summed E-state index contributed by atoms with van der Waals surface area (Å²) in [5, 5.41) is 0.166. The topological polar surface area (TPSA) is 108 Å². The van der Waals surface area contributed by atoms with E-state index in [1.165, 1.54) is 12.1 Å². The number of ketones is 1. The zero-order valence-electron chi connectivity index (χ0n) is 12.1. The normalized spacial score (nSPS) is 12.8. The summed E-state index contributed by atoms with van der Waals surface area (Å²) in [6, 6.07) is 6.08. The molecule has 0 saturated carbocycles. The van der Waals surface area contributed by atoms with E-state index in [0.717, 1.165) is 0 Å². The van der Waals surface area contributed by atoms with Gasteiger partial charge in [-0.2, -0.15) is 13.2 Å². The summed E-state index contributed by atoms with van der Waals surface area (Å²) < 4.78 is 40.9. The maximum Gasteiger partial charge on any atom is 0.408 e. The number of aliphatic imine (C=N–C) groups is 1. The Hall–Kier alpha value is -2.55. The molecule has 0 radical (unpaired) electrons. The average molecular weight is 364 g/mol. The lowest BCUT2D eigenvalue weighted by Crippen LogP contribution is -2.27. The SMILES string of the molecule is NC=C(C(=O)OCC(=O)c1ccccc1Cl)C(N)=NCC(F)(F)F. The average Bonchev–Trinajstić information content (AvgIpc) is 2.51. The quantitative estimate of drug-likeness (QED) is 0.263. The predicted molar refractivity (Wildman–Crippen MR) is 81.6 cm³/mol. The van der Waals surface area contributed by atoms with Crippen molar-refractivity contribution in [3.8, 4) is 0 Å². The van der Waals surface area contributed by atoms with E-state index in [9.17, 15) is 22.8 Å². The van der Waals surface area contributed by atoms with Crippen molar-refractivity contribution < 1.29 is 27.5 Å². The highest BCUT2D eigenvalue weighted by Crippen LogP contribution is 2.16. The lowest BCUT2D eigenvalue weighted by molar-refractivity contribution is -0.137. The van der Waals surface area contributed by atoms with Crippen molar-refractivity contribution in [1.82, 2.24) is 0 Å². The van der Waals surface area contributed by atoms with E-state index in [2.05, 4.69) is 9.73 Å². The van der Waals surface area contributed by atoms with Crippen LogP contribution >= 0.6 is 11.6 Å². The first-order valence-electron chi connectivity index (χ1n) is 6.39. The number of carbonyl (C=O) groups excluding carboxylic acids is 2. The van der Waals surface area contributed by atoms with E-state index in [1.807, 2.05) is 0 Å². The molecule has 6 nitrogen and oxygen atoms in total. The summed E-state index contributed by atoms with van der Waals surface area (Å²) >= 11 is 5.82. The first-order chi connectivity index (χ1) is 11.2. The van der Waals surface area contributed by atoms with Gasteiger partial charge in [-0.15, -0.1) is 0 Å². The molecule has 0 amide bonds. The third kappa shape index (κ3) is 5.92. The van der Waals surface area contributed by atoms with Crippen molar-refractivity contribution in [2.45, 2.75) is 6.18 Å². The van der Waals surface area contributed by atoms with Crippen LogP contribution in [0.2, 0.25) is 5.02 Å². The van der Waals surface area contributed by atoms with Crippen LogP contribution in [0.5, 0.6) is 0 Å². The van der Waals surface area contributed by atoms with Crippen molar-refractivity contribution in [2.24, 2.45) is 16.5 Å². The summed E-state index contributed by atoms with van der Waals surface area (Å²) in [7, 11) is 0. The summed E-state index contributed by atoms with van der Waals surface area (Å²) in [6.45, 7) is -2.27. The van der Waals surface area contributed by atoms with Gasteiger partial charge in [0.15, 0.2) is 6.61 Å². The summed E-state index contributed by atoms with van der Waals surface area (Å²) in [4.78, 5) is 26.6. The van der Waals surface area contributed by atoms with E-state index in [4.69, 9.17) is 23.1 Å². The molecule has 0 aromatic heterocycles. The fourth-order valence-corrected chi connectivity index (χ4v) is 1.73. The molecular formula is C14H13ClF3N3O3. The van der Waals surface area contributed by atoms with Gasteiger partial charge < -0.3 is 16.2 Å². The van der Waals surface area contributed by atoms with E-state index in [1.54, 1.807) is 12.1 Å². The lowest BCUT2D eigenvalue weighted by Gasteiger charge is -2.08. The Morgan fingerprint density at radius 3 is 2.46 bits per heavy atom. The number of amidine groups is 1. The van der Waals surface area contributed by atoms with Crippen molar-refractivity contribution in [3.05, 3.63) is 46.6 Å². The number of alkyl halides is 3. The molecule has 0 bridgehead atoms. The Bertz CT molecular complexity index is 687. The van der Waals surface area contributed by atoms with Gasteiger partial charge >= 0.3 is 12.1 Å². The monoisotopic (exact) mass is 363 g/mol. The van der Waals surface area contributed by atoms with Gasteiger partial charge in [0.25, 0.3) is 0 Å². The highest BCUT2D eigenvalue weighted by Gasteiger charge is 2.27. The Labute approximate surface area is 139 Å². The van der Waals surface area contributed by atoms with Gasteiger partial charge in [0, 0.05) is 11.8 Å². The summed E-state index contributed by atoms with van der Waals surface area (Å²) in [6.07, 6.45) is -3.94. The summed E-state index contributed by atoms with van der Waals surface area (Å²) in [5.74, 6) is -2.53. The van der Waals surface area contributed by atoms with Crippen LogP contribution in [0.4, 0.5) is 13.2 Å². The molecule has 4 N–H and O–H groups in total. The number of hydrogen-bond acceptors (Lipinski definition) is 5.